The predicted octanol–water partition coefficient (Wildman–Crippen LogP) is 6.10. The summed E-state index contributed by atoms with van der Waals surface area (Å²) < 4.78 is 12.6. The molecule has 6 nitrogen and oxygen atoms in total. The molecule has 0 heterocycles. The lowest BCUT2D eigenvalue weighted by Crippen LogP contribution is -2.66. The van der Waals surface area contributed by atoms with Gasteiger partial charge in [0.05, 0.1) is 26.4 Å². The standard InChI is InChI=1S/C40H56O6Si/c1-6-7-8-9-10-13-18-30-27-35-37(43)36(34(38(44)45-5)23-25-40(35,28-41)29-42)33(30)24-26-46-47(39(2,3)4,31-19-14-11-15-20-31)32-21-16-12-17-22-32/h6-7,11-12,14-17,19-23,27,30,33,36-37,41-43H,8-10,13,18,24-26,28-29H2,1-5H3/b7-6+/t30-,33+,36?,37?/m1/s1. The number of methoxy groups -OCH3 is 1. The molecule has 2 unspecified atom stereocenters. The molecule has 0 fully saturated rings. The van der Waals surface area contributed by atoms with Crippen LogP contribution in [0.15, 0.2) is 96.1 Å². The van der Waals surface area contributed by atoms with Crippen LogP contribution in [-0.4, -0.2) is 62.6 Å². The first-order valence-corrected chi connectivity index (χ1v) is 19.3. The van der Waals surface area contributed by atoms with E-state index in [1.54, 1.807) is 6.08 Å². The lowest BCUT2D eigenvalue weighted by Gasteiger charge is -2.46. The molecule has 2 aliphatic rings. The van der Waals surface area contributed by atoms with Gasteiger partial charge in [-0.25, -0.2) is 4.79 Å². The maximum atomic E-state index is 13.3. The average molecular weight is 661 g/mol. The van der Waals surface area contributed by atoms with Crippen LogP contribution in [0.2, 0.25) is 5.04 Å². The highest BCUT2D eigenvalue weighted by Crippen LogP contribution is 2.51. The summed E-state index contributed by atoms with van der Waals surface area (Å²) in [5, 5.41) is 35.4. The van der Waals surface area contributed by atoms with E-state index >= 15 is 0 Å². The van der Waals surface area contributed by atoms with Gasteiger partial charge in [-0.1, -0.05) is 119 Å². The Kier molecular flexibility index (Phi) is 13.0. The summed E-state index contributed by atoms with van der Waals surface area (Å²) in [5.41, 5.74) is 0.0437. The van der Waals surface area contributed by atoms with Gasteiger partial charge in [-0.3, -0.25) is 0 Å². The lowest BCUT2D eigenvalue weighted by atomic mass is 9.63. The highest BCUT2D eigenvalue weighted by atomic mass is 28.4. The second-order valence-corrected chi connectivity index (χ2v) is 18.7. The van der Waals surface area contributed by atoms with Crippen molar-refractivity contribution >= 4 is 24.7 Å². The van der Waals surface area contributed by atoms with Crippen LogP contribution in [0.1, 0.15) is 72.6 Å². The summed E-state index contributed by atoms with van der Waals surface area (Å²) in [6, 6.07) is 21.2. The summed E-state index contributed by atoms with van der Waals surface area (Å²) >= 11 is 0. The van der Waals surface area contributed by atoms with Gasteiger partial charge in [-0.05, 0) is 71.8 Å². The minimum absolute atomic E-state index is 0.0338. The van der Waals surface area contributed by atoms with E-state index in [0.717, 1.165) is 32.1 Å². The van der Waals surface area contributed by atoms with Crippen molar-refractivity contribution in [1.29, 1.82) is 0 Å². The van der Waals surface area contributed by atoms with Crippen LogP contribution in [0.4, 0.5) is 0 Å². The number of allylic oxidation sites excluding steroid dienone is 4. The summed E-state index contributed by atoms with van der Waals surface area (Å²) in [5.74, 6) is -1.06. The number of benzene rings is 2. The number of rotatable bonds is 15. The summed E-state index contributed by atoms with van der Waals surface area (Å²) in [6.07, 6.45) is 13.2. The molecule has 256 valence electrons. The van der Waals surface area contributed by atoms with Gasteiger partial charge in [0.25, 0.3) is 8.32 Å². The van der Waals surface area contributed by atoms with Gasteiger partial charge in [-0.15, -0.1) is 0 Å². The van der Waals surface area contributed by atoms with Gasteiger partial charge in [-0.2, -0.15) is 0 Å². The fourth-order valence-electron chi connectivity index (χ4n) is 8.08. The van der Waals surface area contributed by atoms with Crippen molar-refractivity contribution in [2.24, 2.45) is 23.2 Å². The van der Waals surface area contributed by atoms with E-state index in [0.29, 0.717) is 24.2 Å². The topological polar surface area (TPSA) is 96.2 Å². The largest absolute Gasteiger partial charge is 0.466 e. The predicted molar refractivity (Wildman–Crippen MR) is 192 cm³/mol. The zero-order valence-electron chi connectivity index (χ0n) is 29.0. The normalized spacial score (nSPS) is 22.8. The Balaban J connectivity index is 1.75. The number of unbranched alkanes of at least 4 members (excludes halogenated alkanes) is 3. The van der Waals surface area contributed by atoms with Gasteiger partial charge < -0.3 is 24.5 Å². The van der Waals surface area contributed by atoms with Crippen LogP contribution in [0.3, 0.4) is 0 Å². The van der Waals surface area contributed by atoms with Crippen LogP contribution in [0.5, 0.6) is 0 Å². The number of hydrogen-bond acceptors (Lipinski definition) is 6. The average Bonchev–Trinajstić information content (AvgIpc) is 3.15. The zero-order chi connectivity index (χ0) is 34.1. The molecule has 0 aliphatic heterocycles. The van der Waals surface area contributed by atoms with Crippen molar-refractivity contribution in [2.45, 2.75) is 83.8 Å². The number of hydrogen-bond donors (Lipinski definition) is 3. The van der Waals surface area contributed by atoms with Gasteiger partial charge in [0.15, 0.2) is 0 Å². The number of carbonyl (C=O) groups excluding carboxylic acids is 1. The molecule has 0 saturated carbocycles. The molecule has 0 radical (unpaired) electrons. The molecular formula is C40H56O6Si. The smallest absolute Gasteiger partial charge is 0.333 e. The Hall–Kier alpha value is -2.81. The van der Waals surface area contributed by atoms with Crippen molar-refractivity contribution in [3.05, 3.63) is 96.1 Å². The Morgan fingerprint density at radius 2 is 1.57 bits per heavy atom. The molecule has 2 aromatic carbocycles. The molecule has 4 rings (SSSR count). The molecule has 47 heavy (non-hydrogen) atoms. The van der Waals surface area contributed by atoms with Crippen LogP contribution in [-0.2, 0) is 14.0 Å². The van der Waals surface area contributed by atoms with Crippen LogP contribution < -0.4 is 10.4 Å². The Morgan fingerprint density at radius 3 is 2.11 bits per heavy atom. The fraction of sp³-hybridized carbons (Fsp3) is 0.525. The Morgan fingerprint density at radius 1 is 0.957 bits per heavy atom. The molecule has 3 N–H and O–H groups in total. The summed E-state index contributed by atoms with van der Waals surface area (Å²) in [4.78, 5) is 13.3. The van der Waals surface area contributed by atoms with Crippen LogP contribution >= 0.6 is 0 Å². The second-order valence-electron chi connectivity index (χ2n) is 14.4. The summed E-state index contributed by atoms with van der Waals surface area (Å²) in [7, 11) is -1.43. The first-order valence-electron chi connectivity index (χ1n) is 17.4. The minimum atomic E-state index is -2.80. The Bertz CT molecular complexity index is 1330. The molecule has 0 saturated heterocycles. The van der Waals surface area contributed by atoms with E-state index in [4.69, 9.17) is 9.16 Å². The highest BCUT2D eigenvalue weighted by molar-refractivity contribution is 6.99. The van der Waals surface area contributed by atoms with Crippen molar-refractivity contribution in [2.75, 3.05) is 26.9 Å². The highest BCUT2D eigenvalue weighted by Gasteiger charge is 2.52. The third kappa shape index (κ3) is 7.76. The van der Waals surface area contributed by atoms with Crippen LogP contribution in [0, 0.1) is 23.2 Å². The molecule has 0 amide bonds. The molecule has 7 heteroatoms. The number of esters is 1. The van der Waals surface area contributed by atoms with Crippen molar-refractivity contribution < 1.29 is 29.3 Å². The van der Waals surface area contributed by atoms with E-state index in [-0.39, 0.29) is 36.5 Å². The number of ether oxygens (including phenoxy) is 1. The van der Waals surface area contributed by atoms with Crippen molar-refractivity contribution in [3.63, 3.8) is 0 Å². The maximum absolute atomic E-state index is 13.3. The molecular weight excluding hydrogens is 605 g/mol. The Labute approximate surface area is 283 Å². The van der Waals surface area contributed by atoms with Gasteiger partial charge in [0.2, 0.25) is 0 Å². The third-order valence-corrected chi connectivity index (χ3v) is 15.6. The quantitative estimate of drug-likeness (QED) is 0.0925. The van der Waals surface area contributed by atoms with E-state index in [1.165, 1.54) is 17.5 Å². The van der Waals surface area contributed by atoms with Gasteiger partial charge >= 0.3 is 5.97 Å². The first kappa shape index (κ1) is 37.0. The van der Waals surface area contributed by atoms with Crippen LogP contribution in [0.25, 0.3) is 0 Å². The SMILES string of the molecule is C/C=C/CCCCC[C@@H]1C=C2C(O)C(C(C(=O)OC)=CCC2(CO)CO)[C@H]1CCO[Si](c1ccccc1)(c1ccccc1)C(C)(C)C. The molecule has 2 aliphatic carbocycles. The fourth-order valence-corrected chi connectivity index (χ4v) is 12.7. The van der Waals surface area contributed by atoms with Crippen molar-refractivity contribution in [3.8, 4) is 0 Å². The second kappa shape index (κ2) is 16.5. The number of aliphatic hydroxyl groups excluding tert-OH is 3. The third-order valence-electron chi connectivity index (χ3n) is 10.6. The minimum Gasteiger partial charge on any atom is -0.466 e. The zero-order valence-corrected chi connectivity index (χ0v) is 30.0. The first-order chi connectivity index (χ1) is 22.6. The molecule has 2 bridgehead atoms. The van der Waals surface area contributed by atoms with Gasteiger partial charge in [0, 0.05) is 23.5 Å². The summed E-state index contributed by atoms with van der Waals surface area (Å²) in [6.45, 7) is 8.67. The number of carbonyl (C=O) groups is 1. The monoisotopic (exact) mass is 660 g/mol. The number of fused-ring (bicyclic) bond motifs is 2. The van der Waals surface area contributed by atoms with Crippen molar-refractivity contribution in [1.82, 2.24) is 0 Å². The van der Waals surface area contributed by atoms with E-state index < -0.39 is 31.7 Å². The van der Waals surface area contributed by atoms with E-state index in [1.807, 2.05) is 19.1 Å². The number of aliphatic hydroxyl groups is 3. The maximum Gasteiger partial charge on any atom is 0.333 e. The molecule has 0 spiro atoms. The van der Waals surface area contributed by atoms with Gasteiger partial charge in [0.1, 0.15) is 0 Å². The van der Waals surface area contributed by atoms with E-state index in [2.05, 4.69) is 87.5 Å². The molecule has 4 atom stereocenters. The van der Waals surface area contributed by atoms with E-state index in [9.17, 15) is 20.1 Å². The molecule has 2 aromatic rings. The molecule has 0 aromatic heterocycles. The lowest BCUT2D eigenvalue weighted by molar-refractivity contribution is -0.137.